The van der Waals surface area contributed by atoms with Gasteiger partial charge >= 0.3 is 0 Å². The highest BCUT2D eigenvalue weighted by atomic mass is 16.3. The molecule has 0 heterocycles. The number of rotatable bonds is 2. The number of hydrogen-bond acceptors (Lipinski definition) is 1. The second-order valence-corrected chi connectivity index (χ2v) is 9.52. The van der Waals surface area contributed by atoms with Gasteiger partial charge in [-0.05, 0) is 51.0 Å². The number of benzene rings is 2. The summed E-state index contributed by atoms with van der Waals surface area (Å²) < 4.78 is 0. The van der Waals surface area contributed by atoms with Crippen molar-refractivity contribution in [3.05, 3.63) is 59.2 Å². The lowest BCUT2D eigenvalue weighted by atomic mass is 9.69. The van der Waals surface area contributed by atoms with Gasteiger partial charge in [0.15, 0.2) is 0 Å². The summed E-state index contributed by atoms with van der Waals surface area (Å²) in [5, 5.41) is 10.8. The minimum atomic E-state index is -0.494. The van der Waals surface area contributed by atoms with Gasteiger partial charge in [0.2, 0.25) is 0 Å². The van der Waals surface area contributed by atoms with Gasteiger partial charge < -0.3 is 5.11 Å². The molecule has 2 atom stereocenters. The average molecular weight is 322 g/mol. The summed E-state index contributed by atoms with van der Waals surface area (Å²) in [7, 11) is 0. The molecule has 0 saturated carbocycles. The van der Waals surface area contributed by atoms with Crippen molar-refractivity contribution in [2.24, 2.45) is 10.8 Å². The molecule has 0 radical (unpaired) electrons. The van der Waals surface area contributed by atoms with Gasteiger partial charge in [-0.3, -0.25) is 0 Å². The Morgan fingerprint density at radius 1 is 0.875 bits per heavy atom. The van der Waals surface area contributed by atoms with Crippen LogP contribution in [-0.2, 0) is 0 Å². The Kier molecular flexibility index (Phi) is 4.12. The highest BCUT2D eigenvalue weighted by Crippen LogP contribution is 2.48. The van der Waals surface area contributed by atoms with E-state index in [1.165, 1.54) is 16.7 Å². The molecule has 24 heavy (non-hydrogen) atoms. The third-order valence-electron chi connectivity index (χ3n) is 5.18. The predicted molar refractivity (Wildman–Crippen MR) is 102 cm³/mol. The molecule has 128 valence electrons. The zero-order valence-corrected chi connectivity index (χ0v) is 15.9. The second kappa shape index (κ2) is 5.74. The first kappa shape index (κ1) is 17.2. The fourth-order valence-electron chi connectivity index (χ4n) is 3.95. The van der Waals surface area contributed by atoms with E-state index >= 15 is 0 Å². The van der Waals surface area contributed by atoms with Gasteiger partial charge in [-0.1, -0.05) is 84.0 Å². The molecule has 3 rings (SSSR count). The summed E-state index contributed by atoms with van der Waals surface area (Å²) in [5.74, 6) is 0.471. The minimum Gasteiger partial charge on any atom is -0.384 e. The van der Waals surface area contributed by atoms with E-state index in [1.807, 2.05) is 18.2 Å². The van der Waals surface area contributed by atoms with E-state index in [0.29, 0.717) is 5.92 Å². The van der Waals surface area contributed by atoms with Crippen molar-refractivity contribution in [1.29, 1.82) is 0 Å². The molecule has 2 unspecified atom stereocenters. The molecule has 1 aliphatic carbocycles. The number of aliphatic hydroxyl groups excluding tert-OH is 1. The van der Waals surface area contributed by atoms with Crippen molar-refractivity contribution in [3.63, 3.8) is 0 Å². The summed E-state index contributed by atoms with van der Waals surface area (Å²) in [6.45, 7) is 13.9. The standard InChI is InChI=1S/C23H30O/c1-22(2,3)14-20(23(4,5)6)15-11-12-17-16-9-7-8-10-18(16)21(24)19(17)13-15/h7-13,20-21,24H,14H2,1-6H3. The fraction of sp³-hybridized carbons (Fsp3) is 0.478. The van der Waals surface area contributed by atoms with Crippen molar-refractivity contribution in [1.82, 2.24) is 0 Å². The van der Waals surface area contributed by atoms with E-state index in [4.69, 9.17) is 0 Å². The van der Waals surface area contributed by atoms with E-state index in [2.05, 4.69) is 65.8 Å². The van der Waals surface area contributed by atoms with Crippen LogP contribution in [0.3, 0.4) is 0 Å². The third kappa shape index (κ3) is 3.15. The van der Waals surface area contributed by atoms with E-state index in [9.17, 15) is 5.11 Å². The Balaban J connectivity index is 2.05. The van der Waals surface area contributed by atoms with Crippen LogP contribution in [0.2, 0.25) is 0 Å². The van der Waals surface area contributed by atoms with Crippen LogP contribution in [0, 0.1) is 10.8 Å². The quantitative estimate of drug-likeness (QED) is 0.686. The van der Waals surface area contributed by atoms with Gasteiger partial charge in [-0.25, -0.2) is 0 Å². The Hall–Kier alpha value is -1.60. The Morgan fingerprint density at radius 3 is 2.12 bits per heavy atom. The molecule has 0 saturated heterocycles. The zero-order valence-electron chi connectivity index (χ0n) is 15.9. The normalized spacial score (nSPS) is 18.2. The summed E-state index contributed by atoms with van der Waals surface area (Å²) in [6.07, 6.45) is 0.643. The molecular weight excluding hydrogens is 292 g/mol. The maximum Gasteiger partial charge on any atom is 0.105 e. The molecule has 0 aromatic heterocycles. The summed E-state index contributed by atoms with van der Waals surface area (Å²) in [4.78, 5) is 0. The number of aliphatic hydroxyl groups is 1. The van der Waals surface area contributed by atoms with Crippen LogP contribution in [0.25, 0.3) is 11.1 Å². The van der Waals surface area contributed by atoms with Crippen LogP contribution in [-0.4, -0.2) is 5.11 Å². The zero-order chi connectivity index (χ0) is 17.7. The monoisotopic (exact) mass is 322 g/mol. The predicted octanol–water partition coefficient (Wildman–Crippen LogP) is 6.31. The van der Waals surface area contributed by atoms with E-state index in [-0.39, 0.29) is 10.8 Å². The topological polar surface area (TPSA) is 20.2 Å². The molecule has 0 fully saturated rings. The van der Waals surface area contributed by atoms with Gasteiger partial charge in [0.05, 0.1) is 0 Å². The van der Waals surface area contributed by atoms with Crippen LogP contribution in [0.5, 0.6) is 0 Å². The SMILES string of the molecule is CC(C)(C)CC(c1ccc2c(c1)C(O)c1ccccc1-2)C(C)(C)C. The van der Waals surface area contributed by atoms with E-state index in [0.717, 1.165) is 17.5 Å². The van der Waals surface area contributed by atoms with Crippen LogP contribution in [0.4, 0.5) is 0 Å². The highest BCUT2D eigenvalue weighted by molar-refractivity contribution is 5.78. The molecule has 0 amide bonds. The smallest absolute Gasteiger partial charge is 0.105 e. The Labute approximate surface area is 146 Å². The van der Waals surface area contributed by atoms with Crippen LogP contribution in [0.1, 0.15) is 76.7 Å². The lowest BCUT2D eigenvalue weighted by Gasteiger charge is -2.36. The summed E-state index contributed by atoms with van der Waals surface area (Å²) >= 11 is 0. The average Bonchev–Trinajstić information content (AvgIpc) is 2.76. The Bertz CT molecular complexity index is 743. The largest absolute Gasteiger partial charge is 0.384 e. The Morgan fingerprint density at radius 2 is 1.50 bits per heavy atom. The van der Waals surface area contributed by atoms with Crippen molar-refractivity contribution < 1.29 is 5.11 Å². The van der Waals surface area contributed by atoms with Gasteiger partial charge in [0.1, 0.15) is 6.10 Å². The first-order valence-electron chi connectivity index (χ1n) is 8.99. The van der Waals surface area contributed by atoms with E-state index in [1.54, 1.807) is 0 Å². The lowest BCUT2D eigenvalue weighted by Crippen LogP contribution is -2.24. The van der Waals surface area contributed by atoms with Crippen molar-refractivity contribution in [3.8, 4) is 11.1 Å². The number of fused-ring (bicyclic) bond motifs is 3. The molecule has 0 aliphatic heterocycles. The van der Waals surface area contributed by atoms with Gasteiger partial charge in [0, 0.05) is 0 Å². The van der Waals surface area contributed by atoms with E-state index < -0.39 is 6.10 Å². The third-order valence-corrected chi connectivity index (χ3v) is 5.18. The fourth-order valence-corrected chi connectivity index (χ4v) is 3.95. The second-order valence-electron chi connectivity index (χ2n) is 9.52. The van der Waals surface area contributed by atoms with Gasteiger partial charge in [0.25, 0.3) is 0 Å². The molecule has 1 aliphatic rings. The van der Waals surface area contributed by atoms with Crippen molar-refractivity contribution in [2.75, 3.05) is 0 Å². The maximum atomic E-state index is 10.8. The molecule has 1 nitrogen and oxygen atoms in total. The lowest BCUT2D eigenvalue weighted by molar-refractivity contribution is 0.221. The minimum absolute atomic E-state index is 0.192. The first-order valence-corrected chi connectivity index (χ1v) is 8.99. The molecule has 0 bridgehead atoms. The van der Waals surface area contributed by atoms with Crippen molar-refractivity contribution >= 4 is 0 Å². The van der Waals surface area contributed by atoms with Crippen molar-refractivity contribution in [2.45, 2.75) is 60.0 Å². The van der Waals surface area contributed by atoms with Crippen LogP contribution < -0.4 is 0 Å². The van der Waals surface area contributed by atoms with Crippen LogP contribution in [0.15, 0.2) is 42.5 Å². The molecule has 2 aromatic rings. The number of hydrogen-bond donors (Lipinski definition) is 1. The summed E-state index contributed by atoms with van der Waals surface area (Å²) in [6, 6.07) is 14.9. The van der Waals surface area contributed by atoms with Crippen LogP contribution >= 0.6 is 0 Å². The van der Waals surface area contributed by atoms with Gasteiger partial charge in [-0.2, -0.15) is 0 Å². The van der Waals surface area contributed by atoms with Gasteiger partial charge in [-0.15, -0.1) is 0 Å². The maximum absolute atomic E-state index is 10.8. The summed E-state index contributed by atoms with van der Waals surface area (Å²) in [5.41, 5.74) is 6.28. The highest BCUT2D eigenvalue weighted by Gasteiger charge is 2.33. The molecule has 1 heteroatoms. The molecular formula is C23H30O. The molecule has 2 aromatic carbocycles. The first-order chi connectivity index (χ1) is 11.1. The molecule has 1 N–H and O–H groups in total. The molecule has 0 spiro atoms.